The molecule has 0 aromatic rings. The third-order valence-electron chi connectivity index (χ3n) is 2.04. The molecule has 0 heterocycles. The van der Waals surface area contributed by atoms with Crippen molar-refractivity contribution in [1.82, 2.24) is 0 Å². The van der Waals surface area contributed by atoms with Crippen LogP contribution in [0.5, 0.6) is 0 Å². The van der Waals surface area contributed by atoms with Crippen LogP contribution in [0.25, 0.3) is 0 Å². The third kappa shape index (κ3) is 13.5. The predicted molar refractivity (Wildman–Crippen MR) is 73.8 cm³/mol. The minimum atomic E-state index is -1.22. The van der Waals surface area contributed by atoms with Crippen LogP contribution in [0.1, 0.15) is 41.5 Å². The van der Waals surface area contributed by atoms with Gasteiger partial charge in [-0.1, -0.05) is 0 Å². The van der Waals surface area contributed by atoms with Crippen LogP contribution < -0.4 is 0 Å². The first-order valence-electron chi connectivity index (χ1n) is 6.26. The molecule has 0 rings (SSSR count). The second-order valence-corrected chi connectivity index (χ2v) is 4.42. The minimum absolute atomic E-state index is 0. The number of Topliss-reactive ketones (excluding diaryl/α,β-unsaturated/α-hetero) is 4. The summed E-state index contributed by atoms with van der Waals surface area (Å²) >= 11 is 0. The first-order chi connectivity index (χ1) is 9.89. The van der Waals surface area contributed by atoms with E-state index >= 15 is 0 Å². The van der Waals surface area contributed by atoms with Crippen molar-refractivity contribution in [1.29, 1.82) is 0 Å². The predicted octanol–water partition coefficient (Wildman–Crippen LogP) is 0.190. The standard InChI is InChI=1S/2C7H10O4.Cu/c2*1-4(8)7(5(2)9)11-6(3)10;/h2*7H,1-3H3;. The molecule has 0 aliphatic heterocycles. The van der Waals surface area contributed by atoms with Crippen molar-refractivity contribution < 1.29 is 55.3 Å². The van der Waals surface area contributed by atoms with Crippen LogP contribution in [0, 0.1) is 0 Å². The van der Waals surface area contributed by atoms with E-state index in [1.165, 1.54) is 27.7 Å². The Morgan fingerprint density at radius 2 is 0.696 bits per heavy atom. The summed E-state index contributed by atoms with van der Waals surface area (Å²) in [6, 6.07) is 0. The molecule has 0 fully saturated rings. The third-order valence-corrected chi connectivity index (χ3v) is 2.04. The summed E-state index contributed by atoms with van der Waals surface area (Å²) in [5, 5.41) is 0. The maximum atomic E-state index is 10.6. The van der Waals surface area contributed by atoms with Gasteiger partial charge in [-0.2, -0.15) is 0 Å². The van der Waals surface area contributed by atoms with Gasteiger partial charge in [0.05, 0.1) is 0 Å². The first-order valence-corrected chi connectivity index (χ1v) is 6.26. The molecule has 0 spiro atoms. The molecule has 1 radical (unpaired) electrons. The van der Waals surface area contributed by atoms with Crippen LogP contribution in [0.15, 0.2) is 0 Å². The van der Waals surface area contributed by atoms with Gasteiger partial charge >= 0.3 is 11.9 Å². The van der Waals surface area contributed by atoms with Crippen LogP contribution in [0.4, 0.5) is 0 Å². The molecule has 23 heavy (non-hydrogen) atoms. The van der Waals surface area contributed by atoms with E-state index in [-0.39, 0.29) is 17.1 Å². The summed E-state index contributed by atoms with van der Waals surface area (Å²) in [4.78, 5) is 63.2. The van der Waals surface area contributed by atoms with E-state index in [0.29, 0.717) is 0 Å². The maximum Gasteiger partial charge on any atom is 0.303 e. The van der Waals surface area contributed by atoms with E-state index in [0.717, 1.165) is 13.8 Å². The zero-order valence-corrected chi connectivity index (χ0v) is 14.7. The average Bonchev–Trinajstić information content (AvgIpc) is 2.32. The molecular weight excluding hydrogens is 360 g/mol. The van der Waals surface area contributed by atoms with Gasteiger partial charge in [0.25, 0.3) is 0 Å². The van der Waals surface area contributed by atoms with Crippen molar-refractivity contribution >= 4 is 35.1 Å². The summed E-state index contributed by atoms with van der Waals surface area (Å²) in [6.45, 7) is 7.12. The molecule has 0 saturated carbocycles. The Labute approximate surface area is 144 Å². The number of hydrogen-bond donors (Lipinski definition) is 0. The normalized spacial score (nSPS) is 9.04. The molecule has 0 amide bonds. The maximum absolute atomic E-state index is 10.6. The summed E-state index contributed by atoms with van der Waals surface area (Å²) in [5.41, 5.74) is 0. The van der Waals surface area contributed by atoms with Crippen molar-refractivity contribution in [3.05, 3.63) is 0 Å². The minimum Gasteiger partial charge on any atom is -0.446 e. The number of hydrogen-bond acceptors (Lipinski definition) is 8. The zero-order chi connectivity index (χ0) is 18.0. The molecule has 0 saturated heterocycles. The van der Waals surface area contributed by atoms with E-state index in [4.69, 9.17) is 0 Å². The van der Waals surface area contributed by atoms with Crippen LogP contribution in [0.3, 0.4) is 0 Å². The van der Waals surface area contributed by atoms with Crippen LogP contribution in [-0.4, -0.2) is 47.3 Å². The number of rotatable bonds is 6. The number of ether oxygens (including phenoxy) is 2. The second-order valence-electron chi connectivity index (χ2n) is 4.42. The summed E-state index contributed by atoms with van der Waals surface area (Å²) < 4.78 is 8.87. The molecule has 0 aromatic heterocycles. The van der Waals surface area contributed by atoms with Gasteiger partial charge in [0.2, 0.25) is 12.2 Å². The summed E-state index contributed by atoms with van der Waals surface area (Å²) in [5.74, 6) is -3.05. The molecule has 8 nitrogen and oxygen atoms in total. The number of carbonyl (C=O) groups is 6. The van der Waals surface area contributed by atoms with Crippen LogP contribution >= 0.6 is 0 Å². The molecular formula is C14H20CuO8. The molecule has 0 aliphatic rings. The van der Waals surface area contributed by atoms with Gasteiger partial charge in [0, 0.05) is 30.9 Å². The van der Waals surface area contributed by atoms with Gasteiger partial charge in [-0.05, 0) is 27.7 Å². The van der Waals surface area contributed by atoms with Crippen molar-refractivity contribution in [2.45, 2.75) is 53.8 Å². The van der Waals surface area contributed by atoms with E-state index < -0.39 is 47.3 Å². The molecule has 0 bridgehead atoms. The monoisotopic (exact) mass is 379 g/mol. The average molecular weight is 380 g/mol. The quantitative estimate of drug-likeness (QED) is 0.364. The van der Waals surface area contributed by atoms with E-state index in [1.54, 1.807) is 0 Å². The molecule has 0 aromatic carbocycles. The van der Waals surface area contributed by atoms with E-state index in [2.05, 4.69) is 9.47 Å². The second kappa shape index (κ2) is 12.7. The molecule has 9 heteroatoms. The van der Waals surface area contributed by atoms with Crippen molar-refractivity contribution in [2.75, 3.05) is 0 Å². The SMILES string of the molecule is CC(=O)OC(C(C)=O)C(C)=O.CC(=O)OC(C(C)=O)C(C)=O.[Cu]. The fourth-order valence-corrected chi connectivity index (χ4v) is 1.24. The topological polar surface area (TPSA) is 121 Å². The fourth-order valence-electron chi connectivity index (χ4n) is 1.24. The van der Waals surface area contributed by atoms with E-state index in [1.807, 2.05) is 0 Å². The summed E-state index contributed by atoms with van der Waals surface area (Å²) in [6.07, 6.45) is -2.43. The van der Waals surface area contributed by atoms with Gasteiger partial charge < -0.3 is 9.47 Å². The number of ketones is 4. The largest absolute Gasteiger partial charge is 0.446 e. The van der Waals surface area contributed by atoms with E-state index in [9.17, 15) is 28.8 Å². The Hall–Kier alpha value is -1.86. The molecule has 0 unspecified atom stereocenters. The Kier molecular flexibility index (Phi) is 14.3. The number of carbonyl (C=O) groups excluding carboxylic acids is 6. The Morgan fingerprint density at radius 1 is 0.522 bits per heavy atom. The molecule has 0 atom stereocenters. The van der Waals surface area contributed by atoms with Gasteiger partial charge in [-0.15, -0.1) is 0 Å². The van der Waals surface area contributed by atoms with Crippen molar-refractivity contribution in [2.24, 2.45) is 0 Å². The Bertz CT molecular complexity index is 411. The van der Waals surface area contributed by atoms with Crippen LogP contribution in [-0.2, 0) is 55.3 Å². The van der Waals surface area contributed by atoms with Crippen molar-refractivity contribution in [3.63, 3.8) is 0 Å². The van der Waals surface area contributed by atoms with Gasteiger partial charge in [-0.25, -0.2) is 0 Å². The molecule has 0 N–H and O–H groups in total. The van der Waals surface area contributed by atoms with Gasteiger partial charge in [0.1, 0.15) is 0 Å². The first kappa shape index (κ1) is 26.1. The Balaban J connectivity index is -0.000000333. The van der Waals surface area contributed by atoms with Crippen LogP contribution in [0.2, 0.25) is 0 Å². The summed E-state index contributed by atoms with van der Waals surface area (Å²) in [7, 11) is 0. The Morgan fingerprint density at radius 3 is 0.739 bits per heavy atom. The molecule has 0 aliphatic carbocycles. The zero-order valence-electron chi connectivity index (χ0n) is 13.7. The molecule has 135 valence electrons. The smallest absolute Gasteiger partial charge is 0.303 e. The fraction of sp³-hybridized carbons (Fsp3) is 0.571. The van der Waals surface area contributed by atoms with Gasteiger partial charge in [0.15, 0.2) is 23.1 Å². The van der Waals surface area contributed by atoms with Gasteiger partial charge in [-0.3, -0.25) is 28.8 Å². The van der Waals surface area contributed by atoms with Crippen molar-refractivity contribution in [3.8, 4) is 0 Å². The number of esters is 2.